The molecule has 0 aromatic carbocycles. The number of nitrogens with zero attached hydrogens (tertiary/aromatic N) is 1. The van der Waals surface area contributed by atoms with Crippen LogP contribution in [0, 0.1) is 0 Å². The van der Waals surface area contributed by atoms with E-state index in [0.29, 0.717) is 19.4 Å². The average Bonchev–Trinajstić information content (AvgIpc) is 3.14. The lowest BCUT2D eigenvalue weighted by Gasteiger charge is -2.22. The molecule has 0 radical (unpaired) electrons. The van der Waals surface area contributed by atoms with E-state index in [0.717, 1.165) is 6.42 Å². The van der Waals surface area contributed by atoms with Crippen molar-refractivity contribution in [3.8, 4) is 0 Å². The molecule has 158 valence electrons. The highest BCUT2D eigenvalue weighted by molar-refractivity contribution is 5.92. The second-order valence-electron chi connectivity index (χ2n) is 6.56. The molecule has 3 atom stereocenters. The second-order valence-corrected chi connectivity index (χ2v) is 6.56. The lowest BCUT2D eigenvalue weighted by molar-refractivity contribution is -0.142. The highest BCUT2D eigenvalue weighted by Crippen LogP contribution is 2.07. The normalized spacial score (nSPS) is 17.9. The van der Waals surface area contributed by atoms with Crippen molar-refractivity contribution in [2.45, 2.75) is 56.7 Å². The van der Waals surface area contributed by atoms with Crippen LogP contribution in [0.15, 0.2) is 4.99 Å². The molecule has 1 aliphatic heterocycles. The molecule has 0 aromatic heterocycles. The molecule has 1 saturated heterocycles. The van der Waals surface area contributed by atoms with Crippen LogP contribution < -0.4 is 33.2 Å². The molecule has 1 fully saturated rings. The van der Waals surface area contributed by atoms with Gasteiger partial charge in [-0.3, -0.25) is 19.4 Å². The highest BCUT2D eigenvalue weighted by atomic mass is 16.4. The van der Waals surface area contributed by atoms with E-state index < -0.39 is 35.9 Å². The number of nitrogens with one attached hydrogen (secondary N) is 3. The molecule has 1 aliphatic rings. The molecule has 0 bridgehead atoms. The SMILES string of the molecule is NC(=O)CCC(NC(=O)C1CCCN1)C(=O)NC(CCCN=C(N)N)C(=O)O. The van der Waals surface area contributed by atoms with Gasteiger partial charge in [-0.05, 0) is 38.6 Å². The zero-order valence-electron chi connectivity index (χ0n) is 15.6. The Hall–Kier alpha value is -2.89. The number of amides is 3. The number of aliphatic imine (C=N–C) groups is 1. The van der Waals surface area contributed by atoms with Crippen LogP contribution in [0.5, 0.6) is 0 Å². The molecular weight excluding hydrogens is 370 g/mol. The van der Waals surface area contributed by atoms with E-state index in [-0.39, 0.29) is 37.7 Å². The van der Waals surface area contributed by atoms with Crippen LogP contribution >= 0.6 is 0 Å². The van der Waals surface area contributed by atoms with Crippen LogP contribution in [0.3, 0.4) is 0 Å². The molecule has 28 heavy (non-hydrogen) atoms. The second kappa shape index (κ2) is 11.7. The fourth-order valence-electron chi connectivity index (χ4n) is 2.77. The van der Waals surface area contributed by atoms with Gasteiger partial charge in [-0.15, -0.1) is 0 Å². The number of carboxylic acid groups (broad SMARTS) is 1. The largest absolute Gasteiger partial charge is 0.480 e. The molecule has 1 heterocycles. The van der Waals surface area contributed by atoms with Crippen LogP contribution in [-0.2, 0) is 19.2 Å². The van der Waals surface area contributed by atoms with Gasteiger partial charge in [0.1, 0.15) is 12.1 Å². The van der Waals surface area contributed by atoms with Crippen molar-refractivity contribution in [3.63, 3.8) is 0 Å². The van der Waals surface area contributed by atoms with Gasteiger partial charge in [0.05, 0.1) is 6.04 Å². The zero-order valence-corrected chi connectivity index (χ0v) is 15.6. The Bertz CT molecular complexity index is 600. The minimum Gasteiger partial charge on any atom is -0.480 e. The Morgan fingerprint density at radius 3 is 2.36 bits per heavy atom. The maximum atomic E-state index is 12.5. The van der Waals surface area contributed by atoms with E-state index >= 15 is 0 Å². The zero-order chi connectivity index (χ0) is 21.1. The first-order chi connectivity index (χ1) is 13.2. The number of nitrogens with two attached hydrogens (primary N) is 3. The van der Waals surface area contributed by atoms with Crippen LogP contribution in [0.25, 0.3) is 0 Å². The number of carboxylic acids is 1. The predicted molar refractivity (Wildman–Crippen MR) is 101 cm³/mol. The van der Waals surface area contributed by atoms with Crippen LogP contribution in [0.1, 0.15) is 38.5 Å². The summed E-state index contributed by atoms with van der Waals surface area (Å²) in [5, 5.41) is 17.3. The minimum absolute atomic E-state index is 0.0278. The van der Waals surface area contributed by atoms with E-state index in [4.69, 9.17) is 17.2 Å². The fraction of sp³-hybridized carbons (Fsp3) is 0.688. The van der Waals surface area contributed by atoms with Crippen LogP contribution in [0.2, 0.25) is 0 Å². The Labute approximate surface area is 162 Å². The lowest BCUT2D eigenvalue weighted by atomic mass is 10.1. The van der Waals surface area contributed by atoms with Gasteiger partial charge in [-0.25, -0.2) is 4.79 Å². The van der Waals surface area contributed by atoms with E-state index in [9.17, 15) is 24.3 Å². The molecule has 0 spiro atoms. The van der Waals surface area contributed by atoms with Crippen molar-refractivity contribution in [1.29, 1.82) is 0 Å². The van der Waals surface area contributed by atoms with Crippen molar-refractivity contribution in [2.24, 2.45) is 22.2 Å². The molecule has 0 aromatic rings. The fourth-order valence-corrected chi connectivity index (χ4v) is 2.77. The first-order valence-electron chi connectivity index (χ1n) is 9.11. The maximum absolute atomic E-state index is 12.5. The average molecular weight is 399 g/mol. The van der Waals surface area contributed by atoms with Gasteiger partial charge in [0, 0.05) is 13.0 Å². The van der Waals surface area contributed by atoms with E-state index in [1.54, 1.807) is 0 Å². The molecule has 1 rings (SSSR count). The molecule has 12 nitrogen and oxygen atoms in total. The Morgan fingerprint density at radius 2 is 1.82 bits per heavy atom. The molecule has 0 aliphatic carbocycles. The van der Waals surface area contributed by atoms with E-state index in [2.05, 4.69) is 20.9 Å². The summed E-state index contributed by atoms with van der Waals surface area (Å²) in [7, 11) is 0. The third-order valence-corrected chi connectivity index (χ3v) is 4.25. The number of hydrogen-bond donors (Lipinski definition) is 7. The number of rotatable bonds is 12. The standard InChI is InChI=1S/C16H29N7O5/c17-12(24)6-5-10(22-13(25)9-3-1-7-20-9)14(26)23-11(15(27)28)4-2-8-21-16(18)19/h9-11,20H,1-8H2,(H2,17,24)(H,22,25)(H,23,26)(H,27,28)(H4,18,19,21). The molecular formula is C16H29N7O5. The summed E-state index contributed by atoms with van der Waals surface area (Å²) < 4.78 is 0. The van der Waals surface area contributed by atoms with Gasteiger partial charge >= 0.3 is 5.97 Å². The Morgan fingerprint density at radius 1 is 1.11 bits per heavy atom. The molecule has 12 heteroatoms. The summed E-state index contributed by atoms with van der Waals surface area (Å²) in [6.07, 6.45) is 1.75. The topological polar surface area (TPSA) is 215 Å². The van der Waals surface area contributed by atoms with Gasteiger partial charge in [-0.1, -0.05) is 0 Å². The van der Waals surface area contributed by atoms with Gasteiger partial charge in [0.2, 0.25) is 17.7 Å². The lowest BCUT2D eigenvalue weighted by Crippen LogP contribution is -2.54. The smallest absolute Gasteiger partial charge is 0.326 e. The quantitative estimate of drug-likeness (QED) is 0.102. The third-order valence-electron chi connectivity index (χ3n) is 4.25. The first-order valence-corrected chi connectivity index (χ1v) is 9.11. The number of guanidine groups is 1. The summed E-state index contributed by atoms with van der Waals surface area (Å²) >= 11 is 0. The minimum atomic E-state index is -1.23. The van der Waals surface area contributed by atoms with Crippen LogP contribution in [-0.4, -0.2) is 66.0 Å². The van der Waals surface area contributed by atoms with E-state index in [1.165, 1.54) is 0 Å². The third kappa shape index (κ3) is 8.66. The summed E-state index contributed by atoms with van der Waals surface area (Å²) in [5.41, 5.74) is 15.5. The first kappa shape index (κ1) is 23.1. The van der Waals surface area contributed by atoms with E-state index in [1.807, 2.05) is 0 Å². The van der Waals surface area contributed by atoms with Crippen molar-refractivity contribution in [2.75, 3.05) is 13.1 Å². The van der Waals surface area contributed by atoms with Gasteiger partial charge in [-0.2, -0.15) is 0 Å². The number of aliphatic carboxylic acids is 1. The predicted octanol–water partition coefficient (Wildman–Crippen LogP) is -2.89. The summed E-state index contributed by atoms with van der Waals surface area (Å²) in [6, 6.07) is -2.67. The Kier molecular flexibility index (Phi) is 9.71. The van der Waals surface area contributed by atoms with Gasteiger partial charge in [0.15, 0.2) is 5.96 Å². The molecule has 10 N–H and O–H groups in total. The number of carbonyl (C=O) groups excluding carboxylic acids is 3. The molecule has 3 amide bonds. The van der Waals surface area contributed by atoms with Gasteiger partial charge < -0.3 is 38.3 Å². The van der Waals surface area contributed by atoms with Crippen LogP contribution in [0.4, 0.5) is 0 Å². The van der Waals surface area contributed by atoms with Crippen molar-refractivity contribution in [1.82, 2.24) is 16.0 Å². The molecule has 0 saturated carbocycles. The number of hydrogen-bond acceptors (Lipinski definition) is 6. The highest BCUT2D eigenvalue weighted by Gasteiger charge is 2.29. The van der Waals surface area contributed by atoms with Gasteiger partial charge in [0.25, 0.3) is 0 Å². The number of carbonyl (C=O) groups is 4. The van der Waals surface area contributed by atoms with Crippen molar-refractivity contribution >= 4 is 29.7 Å². The summed E-state index contributed by atoms with van der Waals surface area (Å²) in [4.78, 5) is 51.0. The summed E-state index contributed by atoms with van der Waals surface area (Å²) in [5.74, 6) is -3.03. The monoisotopic (exact) mass is 399 g/mol. The maximum Gasteiger partial charge on any atom is 0.326 e. The summed E-state index contributed by atoms with van der Waals surface area (Å²) in [6.45, 7) is 0.921. The van der Waals surface area contributed by atoms with Crippen molar-refractivity contribution in [3.05, 3.63) is 0 Å². The van der Waals surface area contributed by atoms with Crippen molar-refractivity contribution < 1.29 is 24.3 Å². The molecule has 3 unspecified atom stereocenters. The number of primary amides is 1. The Balaban J connectivity index is 2.69.